The maximum absolute atomic E-state index is 8.69. The van der Waals surface area contributed by atoms with Crippen LogP contribution in [0, 0.1) is 0 Å². The standard InChI is InChI=1S/C4H9NO2/c6-2-3-4(7)1-5-3/h3-7H,1-2H2/t3-,4-/m1/s1. The fourth-order valence-electron chi connectivity index (χ4n) is 0.576. The SMILES string of the molecule is OC[C@H]1NC[C@H]1O. The van der Waals surface area contributed by atoms with Crippen LogP contribution in [0.15, 0.2) is 0 Å². The van der Waals surface area contributed by atoms with E-state index in [-0.39, 0.29) is 18.8 Å². The highest BCUT2D eigenvalue weighted by Gasteiger charge is 2.26. The number of β-amino-alcohol motifs (C(OH)–C–C–N with tert-alkyl or cyclic N) is 1. The minimum Gasteiger partial charge on any atom is -0.395 e. The van der Waals surface area contributed by atoms with Gasteiger partial charge in [0.2, 0.25) is 0 Å². The summed E-state index contributed by atoms with van der Waals surface area (Å²) < 4.78 is 0. The Hall–Kier alpha value is -0.120. The lowest BCUT2D eigenvalue weighted by atomic mass is 10.1. The minimum absolute atomic E-state index is 0.0428. The molecule has 42 valence electrons. The van der Waals surface area contributed by atoms with E-state index in [2.05, 4.69) is 5.32 Å². The smallest absolute Gasteiger partial charge is 0.0839 e. The van der Waals surface area contributed by atoms with Gasteiger partial charge in [-0.25, -0.2) is 0 Å². The molecule has 0 aromatic heterocycles. The van der Waals surface area contributed by atoms with Crippen molar-refractivity contribution in [3.63, 3.8) is 0 Å². The summed E-state index contributed by atoms with van der Waals surface area (Å²) in [5, 5.41) is 19.9. The largest absolute Gasteiger partial charge is 0.395 e. The first-order valence-corrected chi connectivity index (χ1v) is 2.37. The van der Waals surface area contributed by atoms with Gasteiger partial charge in [-0.15, -0.1) is 0 Å². The van der Waals surface area contributed by atoms with Gasteiger partial charge in [-0.1, -0.05) is 0 Å². The number of aliphatic hydroxyl groups excluding tert-OH is 2. The van der Waals surface area contributed by atoms with Gasteiger partial charge in [-0.05, 0) is 0 Å². The number of hydrogen-bond acceptors (Lipinski definition) is 3. The maximum Gasteiger partial charge on any atom is 0.0839 e. The Morgan fingerprint density at radius 1 is 1.71 bits per heavy atom. The summed E-state index contributed by atoms with van der Waals surface area (Å²) >= 11 is 0. The molecule has 1 saturated heterocycles. The Bertz CT molecular complexity index is 64.7. The molecule has 7 heavy (non-hydrogen) atoms. The Morgan fingerprint density at radius 3 is 2.43 bits per heavy atom. The van der Waals surface area contributed by atoms with Gasteiger partial charge in [0.15, 0.2) is 0 Å². The zero-order valence-electron chi connectivity index (χ0n) is 3.96. The molecule has 0 radical (unpaired) electrons. The van der Waals surface area contributed by atoms with E-state index in [1.807, 2.05) is 0 Å². The second kappa shape index (κ2) is 1.78. The molecule has 0 bridgehead atoms. The first-order valence-electron chi connectivity index (χ1n) is 2.37. The highest BCUT2D eigenvalue weighted by atomic mass is 16.3. The Kier molecular flexibility index (Phi) is 1.27. The second-order valence-electron chi connectivity index (χ2n) is 1.76. The van der Waals surface area contributed by atoms with Gasteiger partial charge in [0, 0.05) is 6.54 Å². The van der Waals surface area contributed by atoms with Crippen LogP contribution in [0.5, 0.6) is 0 Å². The molecule has 1 aliphatic heterocycles. The lowest BCUT2D eigenvalue weighted by Crippen LogP contribution is -2.58. The summed E-state index contributed by atoms with van der Waals surface area (Å²) in [5.41, 5.74) is 0. The predicted octanol–water partition coefficient (Wildman–Crippen LogP) is -1.69. The summed E-state index contributed by atoms with van der Waals surface area (Å²) in [6, 6.07) is -0.0556. The molecular formula is C4H9NO2. The molecule has 0 aliphatic carbocycles. The fraction of sp³-hybridized carbons (Fsp3) is 1.00. The highest BCUT2D eigenvalue weighted by Crippen LogP contribution is 2.00. The van der Waals surface area contributed by atoms with E-state index in [1.54, 1.807) is 0 Å². The molecule has 1 fully saturated rings. The molecule has 1 rings (SSSR count). The van der Waals surface area contributed by atoms with Crippen molar-refractivity contribution in [2.24, 2.45) is 0 Å². The van der Waals surface area contributed by atoms with E-state index in [4.69, 9.17) is 10.2 Å². The second-order valence-corrected chi connectivity index (χ2v) is 1.76. The third-order valence-corrected chi connectivity index (χ3v) is 1.25. The van der Waals surface area contributed by atoms with Gasteiger partial charge in [0.05, 0.1) is 18.8 Å². The van der Waals surface area contributed by atoms with Crippen LogP contribution in [-0.2, 0) is 0 Å². The van der Waals surface area contributed by atoms with Crippen LogP contribution in [0.4, 0.5) is 0 Å². The molecule has 3 nitrogen and oxygen atoms in total. The molecule has 2 atom stereocenters. The molecule has 0 aromatic carbocycles. The lowest BCUT2D eigenvalue weighted by molar-refractivity contribution is 0.0305. The van der Waals surface area contributed by atoms with Crippen LogP contribution in [0.1, 0.15) is 0 Å². The fourth-order valence-corrected chi connectivity index (χ4v) is 0.576. The van der Waals surface area contributed by atoms with Crippen molar-refractivity contribution in [2.45, 2.75) is 12.1 Å². The Labute approximate surface area is 42.0 Å². The number of nitrogens with one attached hydrogen (secondary N) is 1. The van der Waals surface area contributed by atoms with Crippen molar-refractivity contribution >= 4 is 0 Å². The van der Waals surface area contributed by atoms with E-state index in [9.17, 15) is 0 Å². The molecular weight excluding hydrogens is 94.0 g/mol. The van der Waals surface area contributed by atoms with E-state index in [0.717, 1.165) is 0 Å². The van der Waals surface area contributed by atoms with Crippen LogP contribution in [0.2, 0.25) is 0 Å². The van der Waals surface area contributed by atoms with Gasteiger partial charge in [-0.3, -0.25) is 0 Å². The molecule has 0 amide bonds. The van der Waals surface area contributed by atoms with Gasteiger partial charge in [0.25, 0.3) is 0 Å². The normalized spacial score (nSPS) is 40.3. The summed E-state index contributed by atoms with van der Waals surface area (Å²) in [7, 11) is 0. The Morgan fingerprint density at radius 2 is 2.43 bits per heavy atom. The van der Waals surface area contributed by atoms with E-state index >= 15 is 0 Å². The zero-order chi connectivity index (χ0) is 5.28. The van der Waals surface area contributed by atoms with Gasteiger partial charge >= 0.3 is 0 Å². The number of aliphatic hydroxyl groups is 2. The summed E-state index contributed by atoms with van der Waals surface area (Å²) in [4.78, 5) is 0. The first-order chi connectivity index (χ1) is 3.34. The topological polar surface area (TPSA) is 52.5 Å². The monoisotopic (exact) mass is 103 g/mol. The number of hydrogen-bond donors (Lipinski definition) is 3. The van der Waals surface area contributed by atoms with Crippen molar-refractivity contribution in [3.05, 3.63) is 0 Å². The van der Waals surface area contributed by atoms with Crippen LogP contribution < -0.4 is 5.32 Å². The molecule has 3 N–H and O–H groups in total. The van der Waals surface area contributed by atoms with Crippen molar-refractivity contribution in [2.75, 3.05) is 13.2 Å². The van der Waals surface area contributed by atoms with Crippen molar-refractivity contribution in [1.82, 2.24) is 5.32 Å². The third-order valence-electron chi connectivity index (χ3n) is 1.25. The third kappa shape index (κ3) is 0.748. The van der Waals surface area contributed by atoms with Crippen molar-refractivity contribution < 1.29 is 10.2 Å². The summed E-state index contributed by atoms with van der Waals surface area (Å²) in [6.45, 7) is 0.673. The average molecular weight is 103 g/mol. The maximum atomic E-state index is 8.69. The molecule has 3 heteroatoms. The van der Waals surface area contributed by atoms with E-state index < -0.39 is 0 Å². The minimum atomic E-state index is -0.315. The molecule has 0 aromatic rings. The average Bonchev–Trinajstić information content (AvgIpc) is 1.65. The predicted molar refractivity (Wildman–Crippen MR) is 24.9 cm³/mol. The van der Waals surface area contributed by atoms with Crippen molar-refractivity contribution in [3.8, 4) is 0 Å². The van der Waals surface area contributed by atoms with Gasteiger partial charge in [0.1, 0.15) is 0 Å². The molecule has 1 aliphatic rings. The lowest BCUT2D eigenvalue weighted by Gasteiger charge is -2.32. The van der Waals surface area contributed by atoms with E-state index in [0.29, 0.717) is 6.54 Å². The van der Waals surface area contributed by atoms with Crippen LogP contribution in [0.3, 0.4) is 0 Å². The van der Waals surface area contributed by atoms with Gasteiger partial charge < -0.3 is 15.5 Å². The van der Waals surface area contributed by atoms with Crippen LogP contribution in [0.25, 0.3) is 0 Å². The van der Waals surface area contributed by atoms with Crippen LogP contribution in [-0.4, -0.2) is 35.5 Å². The molecule has 1 heterocycles. The molecule has 0 spiro atoms. The molecule has 0 unspecified atom stereocenters. The van der Waals surface area contributed by atoms with Gasteiger partial charge in [-0.2, -0.15) is 0 Å². The highest BCUT2D eigenvalue weighted by molar-refractivity contribution is 4.86. The Balaban J connectivity index is 2.16. The molecule has 0 saturated carbocycles. The number of rotatable bonds is 1. The van der Waals surface area contributed by atoms with Crippen LogP contribution >= 0.6 is 0 Å². The van der Waals surface area contributed by atoms with Crippen molar-refractivity contribution in [1.29, 1.82) is 0 Å². The quantitative estimate of drug-likeness (QED) is 0.371. The van der Waals surface area contributed by atoms with E-state index in [1.165, 1.54) is 0 Å². The first kappa shape index (κ1) is 5.03. The summed E-state index contributed by atoms with van der Waals surface area (Å²) in [5.74, 6) is 0. The zero-order valence-corrected chi connectivity index (χ0v) is 3.96. The summed E-state index contributed by atoms with van der Waals surface area (Å²) in [6.07, 6.45) is -0.315.